The molecule has 1 aromatic heterocycles. The van der Waals surface area contributed by atoms with E-state index in [1.54, 1.807) is 18.2 Å². The molecule has 9 heteroatoms. The molecule has 1 fully saturated rings. The van der Waals surface area contributed by atoms with Gasteiger partial charge in [0.2, 0.25) is 5.91 Å². The lowest BCUT2D eigenvalue weighted by Gasteiger charge is -2.11. The Bertz CT molecular complexity index is 843. The Labute approximate surface area is 123 Å². The molecule has 6 nitrogen and oxygen atoms in total. The number of urea groups is 1. The van der Waals surface area contributed by atoms with E-state index in [0.29, 0.717) is 19.4 Å². The van der Waals surface area contributed by atoms with Gasteiger partial charge in [-0.15, -0.1) is 11.3 Å². The first-order chi connectivity index (χ1) is 9.39. The first-order valence-electron chi connectivity index (χ1n) is 5.44. The molecule has 0 spiro atoms. The summed E-state index contributed by atoms with van der Waals surface area (Å²) in [6, 6.07) is 5.60. The lowest BCUT2D eigenvalue weighted by molar-refractivity contribution is -0.118. The van der Waals surface area contributed by atoms with Gasteiger partial charge in [0.25, 0.3) is 10.0 Å². The topological polar surface area (TPSA) is 83.6 Å². The van der Waals surface area contributed by atoms with E-state index in [0.717, 1.165) is 11.3 Å². The van der Waals surface area contributed by atoms with Gasteiger partial charge in [0.05, 0.1) is 9.72 Å². The summed E-state index contributed by atoms with van der Waals surface area (Å²) in [5.41, 5.74) is 0. The Morgan fingerprint density at radius 2 is 2.05 bits per heavy atom. The second-order valence-electron chi connectivity index (χ2n) is 4.09. The van der Waals surface area contributed by atoms with Crippen LogP contribution in [0.5, 0.6) is 0 Å². The fraction of sp³-hybridized carbons (Fsp3) is 0.0909. The van der Waals surface area contributed by atoms with Crippen molar-refractivity contribution in [3.63, 3.8) is 0 Å². The van der Waals surface area contributed by atoms with Crippen molar-refractivity contribution in [3.05, 3.63) is 29.3 Å². The predicted molar refractivity (Wildman–Crippen MR) is 74.3 cm³/mol. The van der Waals surface area contributed by atoms with Crippen LogP contribution in [0.1, 0.15) is 0 Å². The second kappa shape index (κ2) is 4.44. The maximum atomic E-state index is 12.4. The molecule has 2 heterocycles. The number of imide groups is 1. The minimum Gasteiger partial charge on any atom is -0.275 e. The van der Waals surface area contributed by atoms with E-state index in [9.17, 15) is 18.0 Å². The molecule has 0 atom stereocenters. The second-order valence-corrected chi connectivity index (χ2v) is 7.64. The van der Waals surface area contributed by atoms with Crippen LogP contribution in [0, 0.1) is 0 Å². The van der Waals surface area contributed by atoms with Gasteiger partial charge in [-0.1, -0.05) is 23.7 Å². The van der Waals surface area contributed by atoms with Crippen LogP contribution in [0.25, 0.3) is 10.1 Å². The number of nitrogens with one attached hydrogen (secondary N) is 1. The Hall–Kier alpha value is -1.64. The van der Waals surface area contributed by atoms with Gasteiger partial charge >= 0.3 is 6.03 Å². The standard InChI is InChI=1S/C11H7ClN2O4S2/c12-7-3-1-2-6-4-9(19-10(6)7)20(17,18)14-5-8(15)13-11(14)16/h1-4H,5H2,(H,13,15,16). The number of amides is 3. The van der Waals surface area contributed by atoms with Gasteiger partial charge in [0, 0.05) is 0 Å². The zero-order chi connectivity index (χ0) is 14.5. The van der Waals surface area contributed by atoms with E-state index in [1.165, 1.54) is 6.07 Å². The largest absolute Gasteiger partial charge is 0.338 e. The fourth-order valence-corrected chi connectivity index (χ4v) is 4.94. The van der Waals surface area contributed by atoms with Crippen LogP contribution in [0.2, 0.25) is 5.02 Å². The Balaban J connectivity index is 2.12. The fourth-order valence-electron chi connectivity index (χ4n) is 1.86. The molecular formula is C11H7ClN2O4S2. The van der Waals surface area contributed by atoms with Gasteiger partial charge in [-0.25, -0.2) is 17.5 Å². The molecule has 0 unspecified atom stereocenters. The molecule has 0 radical (unpaired) electrons. The molecule has 1 N–H and O–H groups in total. The highest BCUT2D eigenvalue weighted by molar-refractivity contribution is 7.92. The maximum absolute atomic E-state index is 12.4. The third-order valence-electron chi connectivity index (χ3n) is 2.78. The van der Waals surface area contributed by atoms with Crippen molar-refractivity contribution in [3.8, 4) is 0 Å². The van der Waals surface area contributed by atoms with Crippen molar-refractivity contribution in [1.82, 2.24) is 9.62 Å². The summed E-state index contributed by atoms with van der Waals surface area (Å²) in [6.07, 6.45) is 0. The van der Waals surface area contributed by atoms with Crippen LogP contribution in [0.4, 0.5) is 4.79 Å². The molecule has 104 valence electrons. The van der Waals surface area contributed by atoms with Crippen LogP contribution in [-0.4, -0.2) is 31.2 Å². The number of rotatable bonds is 2. The summed E-state index contributed by atoms with van der Waals surface area (Å²) in [4.78, 5) is 22.6. The zero-order valence-corrected chi connectivity index (χ0v) is 12.2. The summed E-state index contributed by atoms with van der Waals surface area (Å²) < 4.78 is 25.8. The first kappa shape index (κ1) is 13.3. The highest BCUT2D eigenvalue weighted by Crippen LogP contribution is 2.35. The maximum Gasteiger partial charge on any atom is 0.338 e. The highest BCUT2D eigenvalue weighted by Gasteiger charge is 2.38. The van der Waals surface area contributed by atoms with Crippen molar-refractivity contribution in [2.75, 3.05) is 6.54 Å². The number of hydrogen-bond donors (Lipinski definition) is 1. The van der Waals surface area contributed by atoms with E-state index in [2.05, 4.69) is 0 Å². The summed E-state index contributed by atoms with van der Waals surface area (Å²) in [7, 11) is -4.04. The lowest BCUT2D eigenvalue weighted by Crippen LogP contribution is -2.33. The van der Waals surface area contributed by atoms with Crippen LogP contribution in [0.3, 0.4) is 0 Å². The molecule has 0 aliphatic carbocycles. The predicted octanol–water partition coefficient (Wildman–Crippen LogP) is 1.80. The first-order valence-corrected chi connectivity index (χ1v) is 8.07. The molecule has 3 rings (SSSR count). The van der Waals surface area contributed by atoms with Gasteiger partial charge in [-0.05, 0) is 17.5 Å². The number of thiophene rings is 1. The lowest BCUT2D eigenvalue weighted by atomic mass is 10.3. The minimum atomic E-state index is -4.04. The van der Waals surface area contributed by atoms with Gasteiger partial charge in [0.1, 0.15) is 10.8 Å². The monoisotopic (exact) mass is 330 g/mol. The van der Waals surface area contributed by atoms with Gasteiger partial charge < -0.3 is 0 Å². The van der Waals surface area contributed by atoms with Crippen molar-refractivity contribution in [1.29, 1.82) is 0 Å². The third-order valence-corrected chi connectivity index (χ3v) is 6.57. The molecule has 0 bridgehead atoms. The number of halogens is 1. The SMILES string of the molecule is O=C1CN(S(=O)(=O)c2cc3cccc(Cl)c3s2)C(=O)N1. The van der Waals surface area contributed by atoms with Crippen molar-refractivity contribution in [2.24, 2.45) is 0 Å². The van der Waals surface area contributed by atoms with Crippen LogP contribution >= 0.6 is 22.9 Å². The minimum absolute atomic E-state index is 0.0227. The van der Waals surface area contributed by atoms with E-state index < -0.39 is 28.5 Å². The summed E-state index contributed by atoms with van der Waals surface area (Å²) in [5.74, 6) is -0.641. The average Bonchev–Trinajstić information content (AvgIpc) is 2.94. The summed E-state index contributed by atoms with van der Waals surface area (Å²) >= 11 is 6.97. The van der Waals surface area contributed by atoms with Gasteiger partial charge in [-0.3, -0.25) is 10.1 Å². The van der Waals surface area contributed by atoms with Gasteiger partial charge in [-0.2, -0.15) is 0 Å². The molecule has 2 aromatic rings. The molecule has 1 saturated heterocycles. The average molecular weight is 331 g/mol. The van der Waals surface area contributed by atoms with Crippen LogP contribution in [-0.2, 0) is 14.8 Å². The summed E-state index contributed by atoms with van der Waals surface area (Å²) in [6.45, 7) is -0.497. The Kier molecular flexibility index (Phi) is 2.96. The summed E-state index contributed by atoms with van der Waals surface area (Å²) in [5, 5.41) is 3.05. The van der Waals surface area contributed by atoms with E-state index in [4.69, 9.17) is 11.6 Å². The van der Waals surface area contributed by atoms with E-state index >= 15 is 0 Å². The number of hydrogen-bond acceptors (Lipinski definition) is 5. The quantitative estimate of drug-likeness (QED) is 0.851. The van der Waals surface area contributed by atoms with Crippen LogP contribution < -0.4 is 5.32 Å². The van der Waals surface area contributed by atoms with E-state index in [-0.39, 0.29) is 4.21 Å². The number of carbonyl (C=O) groups excluding carboxylic acids is 2. The van der Waals surface area contributed by atoms with Gasteiger partial charge in [0.15, 0.2) is 0 Å². The van der Waals surface area contributed by atoms with Crippen molar-refractivity contribution >= 4 is 55.0 Å². The molecular weight excluding hydrogens is 324 g/mol. The third kappa shape index (κ3) is 1.96. The number of sulfonamides is 1. The Morgan fingerprint density at radius 1 is 1.30 bits per heavy atom. The van der Waals surface area contributed by atoms with Crippen LogP contribution in [0.15, 0.2) is 28.5 Å². The number of nitrogens with zero attached hydrogens (tertiary/aromatic N) is 1. The smallest absolute Gasteiger partial charge is 0.275 e. The molecule has 1 aliphatic rings. The molecule has 20 heavy (non-hydrogen) atoms. The van der Waals surface area contributed by atoms with E-state index in [1.807, 2.05) is 5.32 Å². The van der Waals surface area contributed by atoms with Crippen molar-refractivity contribution < 1.29 is 18.0 Å². The highest BCUT2D eigenvalue weighted by atomic mass is 35.5. The van der Waals surface area contributed by atoms with Crippen molar-refractivity contribution in [2.45, 2.75) is 4.21 Å². The number of fused-ring (bicyclic) bond motifs is 1. The zero-order valence-electron chi connectivity index (χ0n) is 9.79. The molecule has 1 aliphatic heterocycles. The number of benzene rings is 1. The molecule has 1 aromatic carbocycles. The molecule has 0 saturated carbocycles. The normalized spacial score (nSPS) is 15.9. The molecule has 3 amide bonds. The number of carbonyl (C=O) groups is 2. The Morgan fingerprint density at radius 3 is 2.65 bits per heavy atom.